The van der Waals surface area contributed by atoms with Gasteiger partial charge in [0.1, 0.15) is 11.5 Å². The molecule has 3 aromatic rings. The van der Waals surface area contributed by atoms with E-state index in [2.05, 4.69) is 15.8 Å². The molecule has 1 aliphatic rings. The van der Waals surface area contributed by atoms with Gasteiger partial charge in [-0.2, -0.15) is 5.10 Å². The minimum absolute atomic E-state index is 0.266. The molecule has 0 atom stereocenters. The van der Waals surface area contributed by atoms with Crippen molar-refractivity contribution in [2.45, 2.75) is 32.7 Å². The van der Waals surface area contributed by atoms with Gasteiger partial charge in [-0.3, -0.25) is 9.59 Å². The number of carbonyl (C=O) groups excluding carboxylic acids is 2. The van der Waals surface area contributed by atoms with Crippen molar-refractivity contribution in [3.05, 3.63) is 88.4 Å². The predicted octanol–water partition coefficient (Wildman–Crippen LogP) is 4.00. The molecule has 0 spiro atoms. The molecule has 2 aromatic carbocycles. The number of furan rings is 1. The summed E-state index contributed by atoms with van der Waals surface area (Å²) in [6.07, 6.45) is 2.24. The molecule has 0 unspecified atom stereocenters. The number of nitrogens with zero attached hydrogens (tertiary/aromatic N) is 1. The molecule has 0 fully saturated rings. The summed E-state index contributed by atoms with van der Waals surface area (Å²) in [6, 6.07) is 16.7. The molecule has 0 aliphatic heterocycles. The topological polar surface area (TPSA) is 92.9 Å². The Bertz CT molecular complexity index is 1170. The van der Waals surface area contributed by atoms with E-state index in [4.69, 9.17) is 9.15 Å². The normalized spacial score (nSPS) is 14.0. The van der Waals surface area contributed by atoms with Gasteiger partial charge in [-0.25, -0.2) is 5.43 Å². The van der Waals surface area contributed by atoms with E-state index in [-0.39, 0.29) is 17.6 Å². The summed E-state index contributed by atoms with van der Waals surface area (Å²) in [5, 5.41) is 7.28. The Morgan fingerprint density at radius 2 is 1.78 bits per heavy atom. The molecule has 1 aliphatic carbocycles. The number of hydrogen-bond donors (Lipinski definition) is 2. The van der Waals surface area contributed by atoms with Crippen molar-refractivity contribution in [2.24, 2.45) is 5.10 Å². The van der Waals surface area contributed by atoms with Crippen molar-refractivity contribution in [3.63, 3.8) is 0 Å². The Kier molecular flexibility index (Phi) is 6.35. The van der Waals surface area contributed by atoms with E-state index in [1.807, 2.05) is 37.3 Å². The van der Waals surface area contributed by atoms with Crippen LogP contribution in [0.4, 0.5) is 0 Å². The number of hydrogen-bond acceptors (Lipinski definition) is 5. The van der Waals surface area contributed by atoms with Gasteiger partial charge in [0.25, 0.3) is 11.8 Å². The Balaban J connectivity index is 1.52. The summed E-state index contributed by atoms with van der Waals surface area (Å²) >= 11 is 0. The van der Waals surface area contributed by atoms with Crippen molar-refractivity contribution in [1.82, 2.24) is 10.7 Å². The second-order valence-corrected chi connectivity index (χ2v) is 7.58. The smallest absolute Gasteiger partial charge is 0.287 e. The average molecular weight is 431 g/mol. The van der Waals surface area contributed by atoms with Crippen LogP contribution in [0.1, 0.15) is 56.2 Å². The molecule has 7 nitrogen and oxygen atoms in total. The van der Waals surface area contributed by atoms with E-state index < -0.39 is 0 Å². The summed E-state index contributed by atoms with van der Waals surface area (Å²) in [5.41, 5.74) is 6.28. The Morgan fingerprint density at radius 3 is 2.56 bits per heavy atom. The number of ether oxygens (including phenoxy) is 1. The summed E-state index contributed by atoms with van der Waals surface area (Å²) in [6.45, 7) is 2.27. The lowest BCUT2D eigenvalue weighted by Crippen LogP contribution is -2.23. The van der Waals surface area contributed by atoms with Crippen molar-refractivity contribution in [2.75, 3.05) is 7.11 Å². The zero-order valence-electron chi connectivity index (χ0n) is 18.1. The highest BCUT2D eigenvalue weighted by molar-refractivity contribution is 6.07. The number of benzene rings is 2. The van der Waals surface area contributed by atoms with Crippen LogP contribution in [0.5, 0.6) is 5.75 Å². The molecule has 1 heterocycles. The van der Waals surface area contributed by atoms with Gasteiger partial charge in [0, 0.05) is 24.1 Å². The first-order valence-corrected chi connectivity index (χ1v) is 10.5. The Morgan fingerprint density at radius 1 is 1.03 bits per heavy atom. The van der Waals surface area contributed by atoms with Crippen molar-refractivity contribution in [3.8, 4) is 5.75 Å². The average Bonchev–Trinajstić information content (AvgIpc) is 3.18. The van der Waals surface area contributed by atoms with Gasteiger partial charge in [-0.15, -0.1) is 0 Å². The second-order valence-electron chi connectivity index (χ2n) is 7.58. The molecular formula is C25H25N3O4. The maximum Gasteiger partial charge on any atom is 0.287 e. The van der Waals surface area contributed by atoms with E-state index in [9.17, 15) is 9.59 Å². The third kappa shape index (κ3) is 4.42. The quantitative estimate of drug-likeness (QED) is 0.577. The number of nitrogens with one attached hydrogen (secondary N) is 2. The fraction of sp³-hybridized carbons (Fsp3) is 0.240. The van der Waals surface area contributed by atoms with Crippen LogP contribution in [0.25, 0.3) is 0 Å². The van der Waals surface area contributed by atoms with Crippen LogP contribution in [-0.4, -0.2) is 24.6 Å². The number of methoxy groups -OCH3 is 1. The molecular weight excluding hydrogens is 406 g/mol. The van der Waals surface area contributed by atoms with Gasteiger partial charge in [0.05, 0.1) is 18.4 Å². The number of amides is 2. The number of para-hydroxylation sites is 1. The van der Waals surface area contributed by atoms with E-state index in [1.54, 1.807) is 24.3 Å². The van der Waals surface area contributed by atoms with Crippen LogP contribution < -0.4 is 15.5 Å². The lowest BCUT2D eigenvalue weighted by Gasteiger charge is -2.14. The number of hydrazone groups is 1. The van der Waals surface area contributed by atoms with Crippen LogP contribution in [0, 0.1) is 6.92 Å². The maximum absolute atomic E-state index is 12.8. The molecule has 0 saturated heterocycles. The lowest BCUT2D eigenvalue weighted by molar-refractivity contribution is 0.0918. The van der Waals surface area contributed by atoms with Gasteiger partial charge in [-0.05, 0) is 37.5 Å². The first-order chi connectivity index (χ1) is 15.6. The highest BCUT2D eigenvalue weighted by atomic mass is 16.5. The third-order valence-corrected chi connectivity index (χ3v) is 5.47. The van der Waals surface area contributed by atoms with Gasteiger partial charge >= 0.3 is 0 Å². The van der Waals surface area contributed by atoms with Crippen LogP contribution in [0.2, 0.25) is 0 Å². The van der Waals surface area contributed by atoms with Crippen LogP contribution in [0.3, 0.4) is 0 Å². The lowest BCUT2D eigenvalue weighted by atomic mass is 9.93. The van der Waals surface area contributed by atoms with Gasteiger partial charge in [0.2, 0.25) is 0 Å². The molecule has 2 amide bonds. The number of rotatable bonds is 6. The standard InChI is InChI=1S/C25H25N3O4/c1-16-22-19(27-28-24(29)18-11-6-7-13-20(18)31-2)12-8-14-21(22)32-23(16)25(30)26-15-17-9-4-3-5-10-17/h3-7,9-11,13H,8,12,14-15H2,1-2H3,(H,26,30)(H,28,29)/b27-19+. The molecule has 1 aromatic heterocycles. The van der Waals surface area contributed by atoms with E-state index in [1.165, 1.54) is 7.11 Å². The SMILES string of the molecule is COc1ccccc1C(=O)N/N=C1\CCCc2oc(C(=O)NCc3ccccc3)c(C)c21. The molecule has 0 saturated carbocycles. The largest absolute Gasteiger partial charge is 0.496 e. The highest BCUT2D eigenvalue weighted by Crippen LogP contribution is 2.30. The number of fused-ring (bicyclic) bond motifs is 1. The molecule has 32 heavy (non-hydrogen) atoms. The van der Waals surface area contributed by atoms with E-state index in [0.717, 1.165) is 35.3 Å². The fourth-order valence-electron chi connectivity index (χ4n) is 3.87. The summed E-state index contributed by atoms with van der Waals surface area (Å²) in [4.78, 5) is 25.4. The monoisotopic (exact) mass is 431 g/mol. The van der Waals surface area contributed by atoms with Crippen LogP contribution >= 0.6 is 0 Å². The molecule has 2 N–H and O–H groups in total. The predicted molar refractivity (Wildman–Crippen MR) is 121 cm³/mol. The maximum atomic E-state index is 12.8. The van der Waals surface area contributed by atoms with E-state index >= 15 is 0 Å². The van der Waals surface area contributed by atoms with E-state index in [0.29, 0.717) is 30.0 Å². The van der Waals surface area contributed by atoms with Crippen LogP contribution in [0.15, 0.2) is 64.1 Å². The number of aryl methyl sites for hydroxylation is 1. The summed E-state index contributed by atoms with van der Waals surface area (Å²) < 4.78 is 11.2. The van der Waals surface area contributed by atoms with Crippen molar-refractivity contribution in [1.29, 1.82) is 0 Å². The van der Waals surface area contributed by atoms with Crippen molar-refractivity contribution >= 4 is 17.5 Å². The fourth-order valence-corrected chi connectivity index (χ4v) is 3.87. The summed E-state index contributed by atoms with van der Waals surface area (Å²) in [5.74, 6) is 0.870. The molecule has 7 heteroatoms. The highest BCUT2D eigenvalue weighted by Gasteiger charge is 2.28. The molecule has 0 radical (unpaired) electrons. The second kappa shape index (κ2) is 9.51. The third-order valence-electron chi connectivity index (χ3n) is 5.47. The first-order valence-electron chi connectivity index (χ1n) is 10.5. The Hall–Kier alpha value is -3.87. The number of carbonyl (C=O) groups is 2. The van der Waals surface area contributed by atoms with Crippen molar-refractivity contribution < 1.29 is 18.7 Å². The van der Waals surface area contributed by atoms with Crippen LogP contribution in [-0.2, 0) is 13.0 Å². The zero-order valence-corrected chi connectivity index (χ0v) is 18.1. The van der Waals surface area contributed by atoms with Gasteiger partial charge in [-0.1, -0.05) is 42.5 Å². The minimum atomic E-state index is -0.357. The first kappa shape index (κ1) is 21.4. The van der Waals surface area contributed by atoms with Gasteiger partial charge < -0.3 is 14.5 Å². The Labute approximate surface area is 186 Å². The minimum Gasteiger partial charge on any atom is -0.496 e. The summed E-state index contributed by atoms with van der Waals surface area (Å²) in [7, 11) is 1.52. The van der Waals surface area contributed by atoms with Gasteiger partial charge in [0.15, 0.2) is 5.76 Å². The molecule has 0 bridgehead atoms. The molecule has 4 rings (SSSR count). The molecule has 164 valence electrons. The zero-order chi connectivity index (χ0) is 22.5.